The van der Waals surface area contributed by atoms with Gasteiger partial charge in [0.15, 0.2) is 0 Å². The van der Waals surface area contributed by atoms with Crippen LogP contribution >= 0.6 is 0 Å². The number of ether oxygens (including phenoxy) is 1. The number of hydrogen-bond donors (Lipinski definition) is 2. The summed E-state index contributed by atoms with van der Waals surface area (Å²) in [5.41, 5.74) is 1.33. The molecule has 0 bridgehead atoms. The number of carbonyl (C=O) groups excluding carboxylic acids is 1. The number of furan rings is 1. The Kier molecular flexibility index (Phi) is 4.65. The third-order valence-electron chi connectivity index (χ3n) is 2.10. The van der Waals surface area contributed by atoms with E-state index in [0.29, 0.717) is 0 Å². The predicted octanol–water partition coefficient (Wildman–Crippen LogP) is 1.89. The molecule has 1 aromatic heterocycles. The maximum Gasteiger partial charge on any atom is 0.423 e. The zero-order valence-corrected chi connectivity index (χ0v) is 9.51. The molecule has 0 atom stereocenters. The average Bonchev–Trinajstić information content (AvgIpc) is 2.72. The fraction of sp³-hybridized carbons (Fsp3) is 0.444. The van der Waals surface area contributed by atoms with Crippen LogP contribution in [0.2, 0.25) is 0 Å². The Labute approximate surface area is 107 Å². The van der Waals surface area contributed by atoms with Crippen LogP contribution in [0.1, 0.15) is 16.1 Å². The summed E-state index contributed by atoms with van der Waals surface area (Å²) < 4.78 is 81.5. The highest BCUT2D eigenvalue weighted by Gasteiger charge is 2.58. The van der Waals surface area contributed by atoms with Crippen LogP contribution in [0.25, 0.3) is 0 Å². The maximum atomic E-state index is 12.2. The largest absolute Gasteiger partial charge is 0.466 e. The summed E-state index contributed by atoms with van der Waals surface area (Å²) in [5.74, 6) is 3.34. The predicted molar refractivity (Wildman–Crippen MR) is 51.0 cm³/mol. The molecule has 0 aliphatic rings. The number of nitrogens with two attached hydrogens (primary N) is 1. The summed E-state index contributed by atoms with van der Waals surface area (Å²) >= 11 is 0. The van der Waals surface area contributed by atoms with Gasteiger partial charge in [-0.15, -0.1) is 0 Å². The van der Waals surface area contributed by atoms with Crippen molar-refractivity contribution in [2.45, 2.75) is 25.1 Å². The number of nitrogen functional groups attached to an aromatic ring is 1. The quantitative estimate of drug-likeness (QED) is 0.385. The molecule has 114 valence electrons. The first-order valence-corrected chi connectivity index (χ1v) is 4.89. The lowest BCUT2D eigenvalue weighted by molar-refractivity contribution is -0.325. The van der Waals surface area contributed by atoms with E-state index in [1.54, 1.807) is 5.43 Å². The summed E-state index contributed by atoms with van der Waals surface area (Å²) in [4.78, 5) is 11.1. The fourth-order valence-electron chi connectivity index (χ4n) is 1.27. The molecule has 0 unspecified atom stereocenters. The molecule has 20 heavy (non-hydrogen) atoms. The zero-order chi connectivity index (χ0) is 15.6. The van der Waals surface area contributed by atoms with E-state index in [1.807, 2.05) is 0 Å². The van der Waals surface area contributed by atoms with E-state index in [1.165, 1.54) is 0 Å². The first-order chi connectivity index (χ1) is 9.07. The lowest BCUT2D eigenvalue weighted by Crippen LogP contribution is -2.44. The summed E-state index contributed by atoms with van der Waals surface area (Å²) in [6.45, 7) is -1.19. The second-order valence-corrected chi connectivity index (χ2v) is 3.51. The van der Waals surface area contributed by atoms with Crippen molar-refractivity contribution in [2.75, 3.05) is 0 Å². The Morgan fingerprint density at radius 2 is 1.85 bits per heavy atom. The van der Waals surface area contributed by atoms with Gasteiger partial charge in [-0.05, 0) is 6.07 Å². The Morgan fingerprint density at radius 1 is 1.30 bits per heavy atom. The normalized spacial score (nSPS) is 12.8. The van der Waals surface area contributed by atoms with Gasteiger partial charge in [0.2, 0.25) is 6.10 Å². The summed E-state index contributed by atoms with van der Waals surface area (Å²) in [5, 5.41) is 0. The first-order valence-electron chi connectivity index (χ1n) is 4.89. The van der Waals surface area contributed by atoms with Crippen LogP contribution in [-0.4, -0.2) is 24.4 Å². The van der Waals surface area contributed by atoms with E-state index in [4.69, 9.17) is 5.84 Å². The molecule has 5 nitrogen and oxygen atoms in total. The third-order valence-corrected chi connectivity index (χ3v) is 2.10. The standard InChI is InChI=1S/C9H8F6N2O3/c10-8(11,12)7(9(13,14)15)20-3-5-4(1-2-19-5)6(18)17-16/h1-2,7H,3,16H2,(H,17,18). The van der Waals surface area contributed by atoms with E-state index in [0.717, 1.165) is 12.3 Å². The third kappa shape index (κ3) is 3.87. The van der Waals surface area contributed by atoms with Crippen LogP contribution in [0.4, 0.5) is 26.3 Å². The second-order valence-electron chi connectivity index (χ2n) is 3.51. The van der Waals surface area contributed by atoms with Crippen LogP contribution < -0.4 is 11.3 Å². The molecule has 0 spiro atoms. The second kappa shape index (κ2) is 5.71. The van der Waals surface area contributed by atoms with Gasteiger partial charge in [0.25, 0.3) is 5.91 Å². The number of hydrazine groups is 1. The van der Waals surface area contributed by atoms with Crippen LogP contribution in [-0.2, 0) is 11.3 Å². The van der Waals surface area contributed by atoms with E-state index < -0.39 is 36.7 Å². The van der Waals surface area contributed by atoms with Crippen molar-refractivity contribution in [1.29, 1.82) is 0 Å². The lowest BCUT2D eigenvalue weighted by Gasteiger charge is -2.22. The van der Waals surface area contributed by atoms with E-state index >= 15 is 0 Å². The van der Waals surface area contributed by atoms with Gasteiger partial charge in [-0.1, -0.05) is 0 Å². The van der Waals surface area contributed by atoms with Gasteiger partial charge in [0, 0.05) is 0 Å². The van der Waals surface area contributed by atoms with E-state index in [9.17, 15) is 31.1 Å². The lowest BCUT2D eigenvalue weighted by atomic mass is 10.2. The molecule has 0 radical (unpaired) electrons. The van der Waals surface area contributed by atoms with Crippen LogP contribution in [0.3, 0.4) is 0 Å². The maximum absolute atomic E-state index is 12.2. The molecule has 0 saturated carbocycles. The van der Waals surface area contributed by atoms with Crippen molar-refractivity contribution in [1.82, 2.24) is 5.43 Å². The molecule has 1 amide bonds. The van der Waals surface area contributed by atoms with Crippen LogP contribution in [0.15, 0.2) is 16.7 Å². The van der Waals surface area contributed by atoms with Gasteiger partial charge in [-0.2, -0.15) is 26.3 Å². The van der Waals surface area contributed by atoms with Crippen LogP contribution in [0.5, 0.6) is 0 Å². The average molecular weight is 306 g/mol. The van der Waals surface area contributed by atoms with Gasteiger partial charge < -0.3 is 9.15 Å². The van der Waals surface area contributed by atoms with Crippen molar-refractivity contribution in [3.05, 3.63) is 23.7 Å². The molecule has 11 heteroatoms. The van der Waals surface area contributed by atoms with Gasteiger partial charge in [-0.25, -0.2) is 5.84 Å². The molecule has 0 aliphatic heterocycles. The monoisotopic (exact) mass is 306 g/mol. The van der Waals surface area contributed by atoms with E-state index in [2.05, 4.69) is 9.15 Å². The highest BCUT2D eigenvalue weighted by molar-refractivity contribution is 5.94. The number of halogens is 6. The van der Waals surface area contributed by atoms with Gasteiger partial charge in [0.05, 0.1) is 11.8 Å². The number of hydrogen-bond acceptors (Lipinski definition) is 4. The molecule has 1 rings (SSSR count). The molecule has 1 heterocycles. The first kappa shape index (κ1) is 16.3. The number of alkyl halides is 6. The Morgan fingerprint density at radius 3 is 2.30 bits per heavy atom. The Hall–Kier alpha value is -1.75. The molecule has 0 aliphatic carbocycles. The molecule has 0 fully saturated rings. The van der Waals surface area contributed by atoms with Crippen molar-refractivity contribution >= 4 is 5.91 Å². The molecular formula is C9H8F6N2O3. The Balaban J connectivity index is 2.84. The van der Waals surface area contributed by atoms with Crippen molar-refractivity contribution < 1.29 is 40.3 Å². The number of carbonyl (C=O) groups is 1. The smallest absolute Gasteiger partial charge is 0.423 e. The van der Waals surface area contributed by atoms with Crippen LogP contribution in [0, 0.1) is 0 Å². The SMILES string of the molecule is NNC(=O)c1ccoc1COC(C(F)(F)F)C(F)(F)F. The summed E-state index contributed by atoms with van der Waals surface area (Å²) in [6.07, 6.45) is -14.4. The minimum absolute atomic E-state index is 0.324. The van der Waals surface area contributed by atoms with Gasteiger partial charge in [-0.3, -0.25) is 10.2 Å². The number of amides is 1. The summed E-state index contributed by atoms with van der Waals surface area (Å²) in [6, 6.07) is 1.02. The van der Waals surface area contributed by atoms with Crippen molar-refractivity contribution in [3.63, 3.8) is 0 Å². The zero-order valence-electron chi connectivity index (χ0n) is 9.51. The minimum atomic E-state index is -5.64. The molecular weight excluding hydrogens is 298 g/mol. The highest BCUT2D eigenvalue weighted by atomic mass is 19.4. The van der Waals surface area contributed by atoms with Crippen molar-refractivity contribution in [2.24, 2.45) is 5.84 Å². The number of rotatable bonds is 4. The fourth-order valence-corrected chi connectivity index (χ4v) is 1.27. The van der Waals surface area contributed by atoms with Gasteiger partial charge >= 0.3 is 12.4 Å². The molecule has 3 N–H and O–H groups in total. The molecule has 1 aromatic rings. The van der Waals surface area contributed by atoms with Gasteiger partial charge in [0.1, 0.15) is 12.4 Å². The topological polar surface area (TPSA) is 77.5 Å². The molecule has 0 aromatic carbocycles. The van der Waals surface area contributed by atoms with Crippen molar-refractivity contribution in [3.8, 4) is 0 Å². The highest BCUT2D eigenvalue weighted by Crippen LogP contribution is 2.36. The molecule has 0 saturated heterocycles. The minimum Gasteiger partial charge on any atom is -0.466 e. The summed E-state index contributed by atoms with van der Waals surface area (Å²) in [7, 11) is 0. The van der Waals surface area contributed by atoms with E-state index in [-0.39, 0.29) is 5.56 Å². The Bertz CT molecular complexity index is 453. The number of nitrogens with one attached hydrogen (secondary N) is 1.